The lowest BCUT2D eigenvalue weighted by molar-refractivity contribution is -0.387. The maximum Gasteiger partial charge on any atom is 0.509 e. The van der Waals surface area contributed by atoms with E-state index in [2.05, 4.69) is 48.8 Å². The summed E-state index contributed by atoms with van der Waals surface area (Å²) in [5, 5.41) is 45.1. The van der Waals surface area contributed by atoms with Crippen molar-refractivity contribution in [3.8, 4) is 28.7 Å². The Morgan fingerprint density at radius 1 is 0.541 bits per heavy atom. The maximum absolute atomic E-state index is 14.7. The highest BCUT2D eigenvalue weighted by Gasteiger charge is 2.58. The van der Waals surface area contributed by atoms with Gasteiger partial charge >= 0.3 is 48.4 Å². The van der Waals surface area contributed by atoms with Gasteiger partial charge in [0.25, 0.3) is 11.8 Å². The number of alkyl carbamates (subject to hydrolysis) is 1. The maximum atomic E-state index is 14.7. The molecule has 5 aliphatic rings. The lowest BCUT2D eigenvalue weighted by Gasteiger charge is -2.42. The van der Waals surface area contributed by atoms with Gasteiger partial charge in [-0.05, 0) is 97.2 Å². The minimum Gasteiger partial charge on any atom is -0.493 e. The van der Waals surface area contributed by atoms with E-state index in [0.717, 1.165) is 40.2 Å². The smallest absolute Gasteiger partial charge is 0.493 e. The molecule has 0 unspecified atom stereocenters. The fraction of sp³-hybridized carbons (Fsp3) is 0.386. The van der Waals surface area contributed by atoms with E-state index >= 15 is 0 Å². The van der Waals surface area contributed by atoms with Crippen molar-refractivity contribution >= 4 is 89.1 Å². The molecule has 39 nitrogen and oxygen atoms in total. The molecule has 5 N–H and O–H groups in total. The van der Waals surface area contributed by atoms with E-state index in [9.17, 15) is 73.1 Å². The Hall–Kier alpha value is -14.0. The van der Waals surface area contributed by atoms with Crippen LogP contribution in [0, 0.1) is 16.0 Å². The number of fused-ring (bicyclic) bond motifs is 4. The Labute approximate surface area is 698 Å². The van der Waals surface area contributed by atoms with Gasteiger partial charge in [-0.1, -0.05) is 114 Å². The van der Waals surface area contributed by atoms with E-state index < -0.39 is 183 Å². The van der Waals surface area contributed by atoms with Gasteiger partial charge in [0.15, 0.2) is 59.5 Å². The van der Waals surface area contributed by atoms with Crippen molar-refractivity contribution < 1.29 is 144 Å². The molecule has 0 saturated carbocycles. The van der Waals surface area contributed by atoms with Crippen LogP contribution in [0.5, 0.6) is 28.7 Å². The highest BCUT2D eigenvalue weighted by molar-refractivity contribution is 6.07. The zero-order chi connectivity index (χ0) is 88.0. The predicted molar refractivity (Wildman–Crippen MR) is 425 cm³/mol. The normalized spacial score (nSPS) is 19.8. The van der Waals surface area contributed by atoms with Crippen molar-refractivity contribution in [3.05, 3.63) is 198 Å². The molecule has 7 amide bonds. The number of anilines is 3. The van der Waals surface area contributed by atoms with Gasteiger partial charge in [0.05, 0.1) is 53.7 Å². The molecular formula is C83H92N8O31. The molecule has 5 aromatic carbocycles. The van der Waals surface area contributed by atoms with E-state index in [1.54, 1.807) is 62.4 Å². The summed E-state index contributed by atoms with van der Waals surface area (Å²) in [6, 6.07) is 17.9. The van der Waals surface area contributed by atoms with Gasteiger partial charge in [0, 0.05) is 37.0 Å². The van der Waals surface area contributed by atoms with Gasteiger partial charge in [-0.3, -0.25) is 29.3 Å². The number of rotatable bonds is 35. The lowest BCUT2D eigenvalue weighted by Crippen LogP contribution is -2.64. The number of ether oxygens (including phenoxy) is 16. The van der Waals surface area contributed by atoms with Crippen molar-refractivity contribution in [3.63, 3.8) is 0 Å². The van der Waals surface area contributed by atoms with Crippen molar-refractivity contribution in [1.82, 2.24) is 20.4 Å². The highest BCUT2D eigenvalue weighted by Crippen LogP contribution is 2.45. The quantitative estimate of drug-likeness (QED) is 0.00828. The molecule has 0 spiro atoms. The number of aliphatic hydroxyl groups excluding tert-OH is 2. The van der Waals surface area contributed by atoms with E-state index in [-0.39, 0.29) is 103 Å². The van der Waals surface area contributed by atoms with E-state index in [0.29, 0.717) is 41.6 Å². The third-order valence-electron chi connectivity index (χ3n) is 19.5. The zero-order valence-electron chi connectivity index (χ0n) is 67.1. The number of carbonyl (C=O) groups is 11. The Kier molecular flexibility index (Phi) is 31.2. The summed E-state index contributed by atoms with van der Waals surface area (Å²) in [4.78, 5) is 167. The van der Waals surface area contributed by atoms with Crippen LogP contribution in [0.4, 0.5) is 51.5 Å². The highest BCUT2D eigenvalue weighted by atomic mass is 16.8. The summed E-state index contributed by atoms with van der Waals surface area (Å²) in [7, 11) is 2.68. The molecule has 10 rings (SSSR count). The summed E-state index contributed by atoms with van der Waals surface area (Å²) in [6.45, 7) is 19.5. The molecule has 0 aromatic heterocycles. The molecule has 0 aliphatic carbocycles. The number of esters is 1. The second kappa shape index (κ2) is 42.1. The molecule has 0 bridgehead atoms. The average Bonchev–Trinajstić information content (AvgIpc) is 1.48. The molecule has 5 aromatic rings. The van der Waals surface area contributed by atoms with E-state index in [1.165, 1.54) is 73.4 Å². The van der Waals surface area contributed by atoms with Gasteiger partial charge < -0.3 is 112 Å². The third kappa shape index (κ3) is 21.9. The van der Waals surface area contributed by atoms with Crippen molar-refractivity contribution in [2.24, 2.45) is 5.92 Å². The van der Waals surface area contributed by atoms with Crippen LogP contribution in [0.2, 0.25) is 0 Å². The van der Waals surface area contributed by atoms with E-state index in [4.69, 9.17) is 75.8 Å². The molecule has 3 saturated heterocycles. The second-order valence-electron chi connectivity index (χ2n) is 28.0. The average molecular weight is 1700 g/mol. The van der Waals surface area contributed by atoms with Crippen molar-refractivity contribution in [2.75, 3.05) is 75.5 Å². The standard InChI is InChI=1S/C83H92N8O31/c1-11-31-109-76(98)68-66(120-81(102)111-33-13-3)67(121-82(103)112-34-14-4)69(122-83(104)113-35-15-5)77(119-68)118-60-28-25-51(37-59(60)91(105)106)45-117-80(101)90-58-41-64(62(108-10)39-54(58)73(95)88-30-18-22-56(88)75(90)97)115-44-50-20-16-19-49(36-50)43-114-63-40-57-53(38-61(63)107-9)72(94)87-29-17-21-55(87)74(96)89(57)79(100)116-42-48-23-26-52(27-24-48)85-70(92)47(8)84-71(93)65(46(6)7)86-78(99)110-32-12-2/h11-16,19-20,23-28,36-41,46-47,55-56,65-69,74-75,77,96-97H,1-5,17-18,21-22,29-35,42-45H2,6-10H3,(H,84,93)(H,85,92)(H,86,99)/t47-,55-,56-,65-,66-,67-,68-,69+,74-,75-,77+/m0/s1. The second-order valence-corrected chi connectivity index (χ2v) is 28.0. The van der Waals surface area contributed by atoms with Crippen LogP contribution >= 0.6 is 0 Å². The molecular weight excluding hydrogens is 1600 g/mol. The molecule has 3 fully saturated rings. The number of amides is 7. The summed E-state index contributed by atoms with van der Waals surface area (Å²) in [5.41, 5.74) is 0.620. The lowest BCUT2D eigenvalue weighted by atomic mass is 9.98. The van der Waals surface area contributed by atoms with Gasteiger partial charge in [0.1, 0.15) is 71.5 Å². The summed E-state index contributed by atoms with van der Waals surface area (Å²) >= 11 is 0. The van der Waals surface area contributed by atoms with Crippen LogP contribution in [0.25, 0.3) is 0 Å². The Morgan fingerprint density at radius 3 is 1.50 bits per heavy atom. The Morgan fingerprint density at radius 2 is 1.01 bits per heavy atom. The van der Waals surface area contributed by atoms with Crippen molar-refractivity contribution in [2.45, 2.75) is 140 Å². The van der Waals surface area contributed by atoms with Crippen LogP contribution in [-0.2, 0) is 92.9 Å². The number of nitro groups is 1. The van der Waals surface area contributed by atoms with Gasteiger partial charge in [0.2, 0.25) is 24.2 Å². The minimum absolute atomic E-state index is 0.00803. The molecule has 0 radical (unpaired) electrons. The molecule has 650 valence electrons. The number of methoxy groups -OCH3 is 2. The molecule has 5 heterocycles. The summed E-state index contributed by atoms with van der Waals surface area (Å²) < 4.78 is 89.4. The van der Waals surface area contributed by atoms with Crippen LogP contribution in [0.15, 0.2) is 154 Å². The predicted octanol–water partition coefficient (Wildman–Crippen LogP) is 9.27. The van der Waals surface area contributed by atoms with Crippen molar-refractivity contribution in [1.29, 1.82) is 0 Å². The van der Waals surface area contributed by atoms with Crippen LogP contribution in [0.1, 0.15) is 89.4 Å². The van der Waals surface area contributed by atoms with Crippen LogP contribution in [-0.4, -0.2) is 219 Å². The molecule has 122 heavy (non-hydrogen) atoms. The van der Waals surface area contributed by atoms with Gasteiger partial charge in [-0.2, -0.15) is 0 Å². The number of hydrogen-bond acceptors (Lipinski definition) is 31. The number of hydrogen-bond donors (Lipinski definition) is 5. The summed E-state index contributed by atoms with van der Waals surface area (Å²) in [6.07, 6.45) is -14.2. The summed E-state index contributed by atoms with van der Waals surface area (Å²) in [5.74, 6) is -4.44. The first-order valence-electron chi connectivity index (χ1n) is 38.3. The Balaban J connectivity index is 0.845. The SMILES string of the molecule is C=CCOC(=O)N[C@H](C(=O)N[C@@H](C)C(=O)Nc1ccc(COC(=O)N2c3cc(OCc4cccc(COc5cc6c(cc5OC)C(=O)N5CCC[C@H]5[C@H](O)N6C(=O)OCc5ccc(O[C@@H]6O[C@H](C(=O)OCC=C)[C@@H](OC(=O)OCC=C)[C@H](OC(=O)OCC=C)[C@H]6OC(=O)OCC=C)c([N+](=O)[O-])c5)c4)c(OC)cc3C(=O)N3CCC[C@H]3[C@@H]2O)cc1)C(C)C. The number of aliphatic hydroxyl groups is 2. The van der Waals surface area contributed by atoms with Crippen LogP contribution in [0.3, 0.4) is 0 Å². The first-order chi connectivity index (χ1) is 58.6. The van der Waals surface area contributed by atoms with Gasteiger partial charge in [-0.25, -0.2) is 43.4 Å². The minimum atomic E-state index is -2.23. The monoisotopic (exact) mass is 1700 g/mol. The zero-order valence-corrected chi connectivity index (χ0v) is 67.1. The number of carbonyl (C=O) groups excluding carboxylic acids is 11. The Bertz CT molecular complexity index is 4770. The fourth-order valence-corrected chi connectivity index (χ4v) is 13.7. The number of nitrogens with zero attached hydrogens (tertiary/aromatic N) is 5. The molecule has 11 atom stereocenters. The number of benzene rings is 5. The first-order valence-corrected chi connectivity index (χ1v) is 38.3. The third-order valence-corrected chi connectivity index (χ3v) is 19.5. The molecule has 5 aliphatic heterocycles. The van der Waals surface area contributed by atoms with Crippen LogP contribution < -0.4 is 49.4 Å². The largest absolute Gasteiger partial charge is 0.509 e. The fourth-order valence-electron chi connectivity index (χ4n) is 13.7. The van der Waals surface area contributed by atoms with E-state index in [1.807, 2.05) is 0 Å². The number of nitrogens with one attached hydrogen (secondary N) is 3. The molecule has 39 heteroatoms. The number of nitro benzene ring substituents is 1. The topological polar surface area (TPSA) is 468 Å². The van der Waals surface area contributed by atoms with Gasteiger partial charge in [-0.15, -0.1) is 0 Å². The first kappa shape index (κ1) is 90.4.